The van der Waals surface area contributed by atoms with Crippen molar-refractivity contribution in [3.63, 3.8) is 0 Å². The van der Waals surface area contributed by atoms with Gasteiger partial charge in [0, 0.05) is 18.5 Å². The summed E-state index contributed by atoms with van der Waals surface area (Å²) in [5.41, 5.74) is 2.19. The van der Waals surface area contributed by atoms with Gasteiger partial charge in [0.1, 0.15) is 23.8 Å². The first-order chi connectivity index (χ1) is 21.8. The number of rotatable bonds is 10. The quantitative estimate of drug-likeness (QED) is 0.202. The van der Waals surface area contributed by atoms with Crippen LogP contribution < -0.4 is 4.74 Å². The number of halogens is 2. The lowest BCUT2D eigenvalue weighted by Crippen LogP contribution is -2.17. The van der Waals surface area contributed by atoms with Gasteiger partial charge in [0.05, 0.1) is 35.9 Å². The van der Waals surface area contributed by atoms with Crippen molar-refractivity contribution >= 4 is 22.7 Å². The zero-order chi connectivity index (χ0) is 31.6. The molecule has 45 heavy (non-hydrogen) atoms. The second-order valence-electron chi connectivity index (χ2n) is 11.4. The van der Waals surface area contributed by atoms with Crippen LogP contribution in [0.3, 0.4) is 0 Å². The summed E-state index contributed by atoms with van der Waals surface area (Å²) in [6.45, 7) is 2.19. The molecule has 2 aliphatic rings. The van der Waals surface area contributed by atoms with Gasteiger partial charge in [-0.1, -0.05) is 12.1 Å². The Kier molecular flexibility index (Phi) is 8.22. The molecule has 1 aromatic carbocycles. The highest BCUT2D eigenvalue weighted by atomic mass is 19.1. The molecule has 1 saturated carbocycles. The number of ether oxygens (including phenoxy) is 2. The standard InChI is InChI=1S/C33H29F2N7O3/c1-2-44-32(43)27-10-9-26-30(40-27)42(19-33(18-37)11-12-33)28(39-26)14-20-3-6-22(7-4-20)29-38-16-25(35)31(41-29)45-17-23-8-5-21(15-36)13-24(23)34/h5-6,8-10,13,16,20H,2-4,7,11-12,14,17,19H2,1H3. The van der Waals surface area contributed by atoms with E-state index in [9.17, 15) is 18.8 Å². The van der Waals surface area contributed by atoms with Crippen LogP contribution in [0.1, 0.15) is 72.3 Å². The summed E-state index contributed by atoms with van der Waals surface area (Å²) in [6, 6.07) is 11.7. The third-order valence-corrected chi connectivity index (χ3v) is 8.24. The van der Waals surface area contributed by atoms with E-state index in [4.69, 9.17) is 19.7 Å². The molecule has 6 rings (SSSR count). The predicted molar refractivity (Wildman–Crippen MR) is 157 cm³/mol. The fourth-order valence-corrected chi connectivity index (χ4v) is 5.47. The van der Waals surface area contributed by atoms with Gasteiger partial charge < -0.3 is 14.0 Å². The van der Waals surface area contributed by atoms with E-state index in [1.165, 1.54) is 12.1 Å². The number of hydrogen-bond acceptors (Lipinski definition) is 9. The number of aromatic nitrogens is 5. The van der Waals surface area contributed by atoms with Crippen molar-refractivity contribution in [1.82, 2.24) is 24.5 Å². The number of benzene rings is 1. The zero-order valence-corrected chi connectivity index (χ0v) is 24.6. The van der Waals surface area contributed by atoms with Crippen molar-refractivity contribution in [1.29, 1.82) is 10.5 Å². The Balaban J connectivity index is 1.18. The molecule has 0 saturated heterocycles. The molecule has 4 aromatic rings. The van der Waals surface area contributed by atoms with E-state index in [2.05, 4.69) is 21.0 Å². The third kappa shape index (κ3) is 6.36. The number of nitriles is 2. The van der Waals surface area contributed by atoms with E-state index in [0.717, 1.165) is 42.9 Å². The van der Waals surface area contributed by atoms with Crippen LogP contribution in [0.4, 0.5) is 8.78 Å². The molecule has 3 heterocycles. The molecule has 0 N–H and O–H groups in total. The number of fused-ring (bicyclic) bond motifs is 1. The van der Waals surface area contributed by atoms with Crippen molar-refractivity contribution in [2.24, 2.45) is 11.3 Å². The van der Waals surface area contributed by atoms with E-state index in [1.54, 1.807) is 19.1 Å². The second-order valence-corrected chi connectivity index (χ2v) is 11.4. The molecule has 1 atom stereocenters. The highest BCUT2D eigenvalue weighted by molar-refractivity contribution is 5.89. The number of carbonyl (C=O) groups is 1. The van der Waals surface area contributed by atoms with Gasteiger partial charge in [-0.2, -0.15) is 19.9 Å². The van der Waals surface area contributed by atoms with Crippen LogP contribution in [-0.2, 0) is 24.3 Å². The highest BCUT2D eigenvalue weighted by Gasteiger charge is 2.44. The average Bonchev–Trinajstić information content (AvgIpc) is 3.76. The highest BCUT2D eigenvalue weighted by Crippen LogP contribution is 2.47. The van der Waals surface area contributed by atoms with E-state index < -0.39 is 23.0 Å². The maximum atomic E-state index is 14.5. The molecule has 3 aromatic heterocycles. The fourth-order valence-electron chi connectivity index (χ4n) is 5.47. The minimum absolute atomic E-state index is 0.175. The fraction of sp³-hybridized carbons (Fsp3) is 0.364. The first-order valence-electron chi connectivity index (χ1n) is 14.8. The Morgan fingerprint density at radius 1 is 1.13 bits per heavy atom. The largest absolute Gasteiger partial charge is 0.471 e. The molecular formula is C33H29F2N7O3. The van der Waals surface area contributed by atoms with Crippen LogP contribution in [0.5, 0.6) is 5.88 Å². The van der Waals surface area contributed by atoms with Gasteiger partial charge in [-0.05, 0) is 74.8 Å². The van der Waals surface area contributed by atoms with Crippen molar-refractivity contribution in [3.8, 4) is 18.0 Å². The minimum atomic E-state index is -0.758. The molecule has 0 bridgehead atoms. The van der Waals surface area contributed by atoms with Crippen LogP contribution in [0.2, 0.25) is 0 Å². The van der Waals surface area contributed by atoms with Gasteiger partial charge in [0.15, 0.2) is 17.2 Å². The molecule has 0 aliphatic heterocycles. The summed E-state index contributed by atoms with van der Waals surface area (Å²) in [5.74, 6) is -0.760. The molecular weight excluding hydrogens is 580 g/mol. The summed E-state index contributed by atoms with van der Waals surface area (Å²) in [7, 11) is 0. The lowest BCUT2D eigenvalue weighted by Gasteiger charge is -2.22. The number of allylic oxidation sites excluding steroid dienone is 2. The van der Waals surface area contributed by atoms with Gasteiger partial charge in [0.2, 0.25) is 5.82 Å². The Morgan fingerprint density at radius 2 is 1.98 bits per heavy atom. The monoisotopic (exact) mass is 609 g/mol. The molecule has 0 radical (unpaired) electrons. The molecule has 2 aliphatic carbocycles. The topological polar surface area (TPSA) is 140 Å². The molecule has 10 nitrogen and oxygen atoms in total. The van der Waals surface area contributed by atoms with E-state index in [-0.39, 0.29) is 41.8 Å². The first-order valence-corrected chi connectivity index (χ1v) is 14.8. The van der Waals surface area contributed by atoms with Crippen molar-refractivity contribution in [2.75, 3.05) is 6.61 Å². The van der Waals surface area contributed by atoms with Crippen LogP contribution in [-0.4, -0.2) is 37.1 Å². The predicted octanol–water partition coefficient (Wildman–Crippen LogP) is 5.86. The lowest BCUT2D eigenvalue weighted by atomic mass is 9.87. The molecule has 1 fully saturated rings. The summed E-state index contributed by atoms with van der Waals surface area (Å²) in [6.07, 6.45) is 7.49. The minimum Gasteiger partial charge on any atom is -0.471 e. The van der Waals surface area contributed by atoms with Gasteiger partial charge in [-0.25, -0.2) is 24.1 Å². The van der Waals surface area contributed by atoms with Crippen LogP contribution in [0, 0.1) is 45.6 Å². The van der Waals surface area contributed by atoms with Gasteiger partial charge in [0.25, 0.3) is 5.88 Å². The van der Waals surface area contributed by atoms with Crippen LogP contribution in [0.15, 0.2) is 42.6 Å². The Labute approximate surface area is 258 Å². The van der Waals surface area contributed by atoms with Gasteiger partial charge >= 0.3 is 5.97 Å². The van der Waals surface area contributed by atoms with Crippen LogP contribution in [0.25, 0.3) is 16.7 Å². The summed E-state index contributed by atoms with van der Waals surface area (Å²) in [5, 5.41) is 18.7. The molecule has 12 heteroatoms. The first kappa shape index (κ1) is 29.8. The van der Waals surface area contributed by atoms with Crippen molar-refractivity contribution in [3.05, 3.63) is 82.7 Å². The zero-order valence-electron chi connectivity index (χ0n) is 24.6. The molecule has 0 spiro atoms. The maximum absolute atomic E-state index is 14.5. The SMILES string of the molecule is CCOC(=O)c1ccc2nc(CC3CC=C(c4ncc(F)c(OCc5ccc(C#N)cc5F)n4)CC3)n(CC3(C#N)CC3)c2n1. The lowest BCUT2D eigenvalue weighted by molar-refractivity contribution is 0.0520. The Hall–Kier alpha value is -5.23. The summed E-state index contributed by atoms with van der Waals surface area (Å²) < 4.78 is 41.3. The number of pyridine rings is 1. The normalized spacial score (nSPS) is 16.8. The smallest absolute Gasteiger partial charge is 0.357 e. The second kappa shape index (κ2) is 12.4. The maximum Gasteiger partial charge on any atom is 0.357 e. The Morgan fingerprint density at radius 3 is 2.67 bits per heavy atom. The van der Waals surface area contributed by atoms with E-state index >= 15 is 0 Å². The number of nitrogens with zero attached hydrogens (tertiary/aromatic N) is 7. The van der Waals surface area contributed by atoms with Crippen molar-refractivity contribution in [2.45, 2.75) is 58.6 Å². The number of imidazole rings is 1. The van der Waals surface area contributed by atoms with Gasteiger partial charge in [-0.3, -0.25) is 0 Å². The van der Waals surface area contributed by atoms with E-state index in [0.29, 0.717) is 42.8 Å². The third-order valence-electron chi connectivity index (χ3n) is 8.24. The number of hydrogen-bond donors (Lipinski definition) is 0. The molecule has 1 unspecified atom stereocenters. The molecule has 228 valence electrons. The van der Waals surface area contributed by atoms with Gasteiger partial charge in [-0.15, -0.1) is 0 Å². The van der Waals surface area contributed by atoms with E-state index in [1.807, 2.05) is 16.7 Å². The summed E-state index contributed by atoms with van der Waals surface area (Å²) >= 11 is 0. The number of esters is 1. The van der Waals surface area contributed by atoms with Crippen LogP contribution >= 0.6 is 0 Å². The summed E-state index contributed by atoms with van der Waals surface area (Å²) in [4.78, 5) is 30.2. The number of carbonyl (C=O) groups excluding carboxylic acids is 1. The Bertz CT molecular complexity index is 1900. The average molecular weight is 610 g/mol. The molecule has 0 amide bonds. The van der Waals surface area contributed by atoms with Crippen molar-refractivity contribution < 1.29 is 23.0 Å².